The van der Waals surface area contributed by atoms with Gasteiger partial charge in [0.2, 0.25) is 0 Å². The Labute approximate surface area is 182 Å². The van der Waals surface area contributed by atoms with Gasteiger partial charge in [0.25, 0.3) is 0 Å². The maximum absolute atomic E-state index is 11.4. The van der Waals surface area contributed by atoms with Crippen molar-refractivity contribution in [1.29, 1.82) is 0 Å². The highest BCUT2D eigenvalue weighted by atomic mass is 16.3. The smallest absolute Gasteiger partial charge is 0.153 e. The van der Waals surface area contributed by atoms with Gasteiger partial charge in [-0.15, -0.1) is 0 Å². The molecule has 32 heavy (non-hydrogen) atoms. The van der Waals surface area contributed by atoms with E-state index in [1.54, 1.807) is 0 Å². The highest BCUT2D eigenvalue weighted by Crippen LogP contribution is 2.39. The minimum absolute atomic E-state index is 0.0183. The zero-order valence-electron chi connectivity index (χ0n) is 16.6. The SMILES string of the molecule is O=Cc1cc(-c2cccc3cccc(-c4cc(C=O)c(O)c(C=O)c4)c23)cc(C=O)c1O. The van der Waals surface area contributed by atoms with Gasteiger partial charge in [-0.2, -0.15) is 0 Å². The molecule has 0 atom stereocenters. The topological polar surface area (TPSA) is 109 Å². The Kier molecular flexibility index (Phi) is 5.35. The predicted octanol–water partition coefficient (Wildman–Crippen LogP) is 4.84. The maximum Gasteiger partial charge on any atom is 0.153 e. The molecule has 0 radical (unpaired) electrons. The fraction of sp³-hybridized carbons (Fsp3) is 0. The van der Waals surface area contributed by atoms with E-state index in [9.17, 15) is 29.4 Å². The van der Waals surface area contributed by atoms with Crippen molar-refractivity contribution in [3.63, 3.8) is 0 Å². The van der Waals surface area contributed by atoms with E-state index in [0.717, 1.165) is 10.8 Å². The van der Waals surface area contributed by atoms with E-state index in [-0.39, 0.29) is 33.8 Å². The van der Waals surface area contributed by atoms with E-state index in [4.69, 9.17) is 0 Å². The average Bonchev–Trinajstić information content (AvgIpc) is 2.83. The van der Waals surface area contributed by atoms with Crippen molar-refractivity contribution >= 4 is 35.9 Å². The fourth-order valence-electron chi connectivity index (χ4n) is 3.85. The second-order valence-electron chi connectivity index (χ2n) is 7.19. The number of carbonyl (C=O) groups is 4. The molecule has 0 aliphatic carbocycles. The van der Waals surface area contributed by atoms with Crippen LogP contribution in [0.1, 0.15) is 41.4 Å². The number of fused-ring (bicyclic) bond motifs is 1. The van der Waals surface area contributed by atoms with E-state index in [1.165, 1.54) is 24.3 Å². The van der Waals surface area contributed by atoms with E-state index in [1.807, 2.05) is 36.4 Å². The van der Waals surface area contributed by atoms with Crippen LogP contribution in [0.5, 0.6) is 11.5 Å². The molecule has 0 aliphatic rings. The van der Waals surface area contributed by atoms with Gasteiger partial charge in [-0.3, -0.25) is 19.2 Å². The molecule has 4 aromatic carbocycles. The van der Waals surface area contributed by atoms with Crippen LogP contribution >= 0.6 is 0 Å². The molecule has 6 heteroatoms. The zero-order chi connectivity index (χ0) is 22.8. The first-order valence-electron chi connectivity index (χ1n) is 9.59. The normalized spacial score (nSPS) is 10.6. The Morgan fingerprint density at radius 3 is 1.19 bits per heavy atom. The van der Waals surface area contributed by atoms with Crippen LogP contribution in [0.2, 0.25) is 0 Å². The van der Waals surface area contributed by atoms with Crippen molar-refractivity contribution in [2.45, 2.75) is 0 Å². The molecule has 4 rings (SSSR count). The van der Waals surface area contributed by atoms with Crippen LogP contribution in [0, 0.1) is 0 Å². The molecule has 0 bridgehead atoms. The van der Waals surface area contributed by atoms with E-state index < -0.39 is 0 Å². The molecule has 0 aromatic heterocycles. The van der Waals surface area contributed by atoms with Crippen molar-refractivity contribution in [3.05, 3.63) is 82.9 Å². The van der Waals surface area contributed by atoms with Gasteiger partial charge in [-0.1, -0.05) is 36.4 Å². The predicted molar refractivity (Wildman–Crippen MR) is 120 cm³/mol. The number of hydrogen-bond acceptors (Lipinski definition) is 6. The van der Waals surface area contributed by atoms with Crippen LogP contribution in [0.25, 0.3) is 33.0 Å². The molecule has 0 spiro atoms. The molecule has 0 saturated heterocycles. The Hall–Kier alpha value is -4.58. The molecule has 4 aromatic rings. The second kappa shape index (κ2) is 8.28. The van der Waals surface area contributed by atoms with Gasteiger partial charge < -0.3 is 10.2 Å². The Morgan fingerprint density at radius 2 is 0.875 bits per heavy atom. The summed E-state index contributed by atoms with van der Waals surface area (Å²) in [5.74, 6) is -0.770. The van der Waals surface area contributed by atoms with Crippen LogP contribution in [-0.2, 0) is 0 Å². The molecule has 0 heterocycles. The third-order valence-corrected chi connectivity index (χ3v) is 5.37. The number of aromatic hydroxyl groups is 2. The van der Waals surface area contributed by atoms with Crippen LogP contribution in [0.15, 0.2) is 60.7 Å². The molecule has 0 fully saturated rings. The van der Waals surface area contributed by atoms with Gasteiger partial charge in [0.05, 0.1) is 22.3 Å². The highest BCUT2D eigenvalue weighted by Gasteiger charge is 2.16. The molecular formula is C26H16O6. The third-order valence-electron chi connectivity index (χ3n) is 5.37. The van der Waals surface area contributed by atoms with E-state index >= 15 is 0 Å². The number of rotatable bonds is 6. The molecule has 0 amide bonds. The molecular weight excluding hydrogens is 408 g/mol. The van der Waals surface area contributed by atoms with Crippen molar-refractivity contribution in [3.8, 4) is 33.8 Å². The number of aldehydes is 4. The summed E-state index contributed by atoms with van der Waals surface area (Å²) in [4.78, 5) is 45.8. The number of carbonyl (C=O) groups excluding carboxylic acids is 4. The molecule has 0 saturated carbocycles. The fourth-order valence-corrected chi connectivity index (χ4v) is 3.85. The monoisotopic (exact) mass is 424 g/mol. The minimum atomic E-state index is -0.385. The van der Waals surface area contributed by atoms with Gasteiger partial charge in [0.1, 0.15) is 11.5 Å². The summed E-state index contributed by atoms with van der Waals surface area (Å²) in [7, 11) is 0. The molecule has 6 nitrogen and oxygen atoms in total. The summed E-state index contributed by atoms with van der Waals surface area (Å²) in [5, 5.41) is 21.8. The Morgan fingerprint density at radius 1 is 0.531 bits per heavy atom. The molecule has 156 valence electrons. The van der Waals surface area contributed by atoms with Crippen LogP contribution < -0.4 is 0 Å². The lowest BCUT2D eigenvalue weighted by Crippen LogP contribution is -1.94. The van der Waals surface area contributed by atoms with Crippen molar-refractivity contribution in [2.24, 2.45) is 0 Å². The van der Waals surface area contributed by atoms with E-state index in [0.29, 0.717) is 47.4 Å². The first-order valence-corrected chi connectivity index (χ1v) is 9.59. The van der Waals surface area contributed by atoms with Gasteiger partial charge >= 0.3 is 0 Å². The summed E-state index contributed by atoms with van der Waals surface area (Å²) in [6.45, 7) is 0. The summed E-state index contributed by atoms with van der Waals surface area (Å²) in [6, 6.07) is 17.0. The highest BCUT2D eigenvalue weighted by molar-refractivity contribution is 6.08. The second-order valence-corrected chi connectivity index (χ2v) is 7.19. The van der Waals surface area contributed by atoms with Crippen molar-refractivity contribution in [1.82, 2.24) is 0 Å². The Bertz CT molecular complexity index is 1260. The number of phenols is 2. The largest absolute Gasteiger partial charge is 0.506 e. The Balaban J connectivity index is 2.09. The summed E-state index contributed by atoms with van der Waals surface area (Å²) >= 11 is 0. The quantitative estimate of drug-likeness (QED) is 0.429. The third kappa shape index (κ3) is 3.33. The average molecular weight is 424 g/mol. The lowest BCUT2D eigenvalue weighted by atomic mass is 9.89. The van der Waals surface area contributed by atoms with Crippen LogP contribution in [0.3, 0.4) is 0 Å². The molecule has 2 N–H and O–H groups in total. The van der Waals surface area contributed by atoms with E-state index in [2.05, 4.69) is 0 Å². The van der Waals surface area contributed by atoms with Gasteiger partial charge in [0.15, 0.2) is 25.1 Å². The molecule has 0 aliphatic heterocycles. The first kappa shape index (κ1) is 20.7. The van der Waals surface area contributed by atoms with Crippen molar-refractivity contribution < 1.29 is 29.4 Å². The van der Waals surface area contributed by atoms with Gasteiger partial charge in [-0.25, -0.2) is 0 Å². The van der Waals surface area contributed by atoms with Gasteiger partial charge in [-0.05, 0) is 57.3 Å². The molecule has 0 unspecified atom stereocenters. The standard InChI is InChI=1S/C26H16O6/c27-11-18-7-16(8-19(12-28)25(18)31)22-5-1-3-15-4-2-6-23(24(15)22)17-9-20(13-29)26(32)21(10-17)14-30/h1-14,31-32H. The minimum Gasteiger partial charge on any atom is -0.506 e. The zero-order valence-corrected chi connectivity index (χ0v) is 16.6. The maximum atomic E-state index is 11.4. The number of benzene rings is 4. The van der Waals surface area contributed by atoms with Crippen LogP contribution in [-0.4, -0.2) is 35.4 Å². The lowest BCUT2D eigenvalue weighted by molar-refractivity contribution is 0.110. The number of hydrogen-bond donors (Lipinski definition) is 2. The summed E-state index contributed by atoms with van der Waals surface area (Å²) in [6.07, 6.45) is 1.91. The summed E-state index contributed by atoms with van der Waals surface area (Å²) in [5.41, 5.74) is 2.36. The van der Waals surface area contributed by atoms with Gasteiger partial charge in [0, 0.05) is 0 Å². The van der Waals surface area contributed by atoms with Crippen molar-refractivity contribution in [2.75, 3.05) is 0 Å². The first-order chi connectivity index (χ1) is 15.5. The number of phenolic OH excluding ortho intramolecular Hbond substituents is 2. The lowest BCUT2D eigenvalue weighted by Gasteiger charge is -2.15. The van der Waals surface area contributed by atoms with Crippen LogP contribution in [0.4, 0.5) is 0 Å². The summed E-state index contributed by atoms with van der Waals surface area (Å²) < 4.78 is 0.